The largest absolute Gasteiger partial charge is 0.484 e. The number of likely N-dealkylation sites (tertiary alicyclic amines) is 1. The van der Waals surface area contributed by atoms with Crippen LogP contribution in [0.25, 0.3) is 0 Å². The van der Waals surface area contributed by atoms with Gasteiger partial charge in [0, 0.05) is 46.4 Å². The fourth-order valence-corrected chi connectivity index (χ4v) is 6.09. The first-order valence-corrected chi connectivity index (χ1v) is 14.6. The van der Waals surface area contributed by atoms with Gasteiger partial charge in [0.15, 0.2) is 6.61 Å². The number of sulfonamides is 1. The highest BCUT2D eigenvalue weighted by Crippen LogP contribution is 2.25. The van der Waals surface area contributed by atoms with Crippen LogP contribution in [-0.2, 0) is 32.7 Å². The Hall–Kier alpha value is -3.40. The summed E-state index contributed by atoms with van der Waals surface area (Å²) in [4.78, 5) is 17.5. The van der Waals surface area contributed by atoms with Crippen LogP contribution < -0.4 is 9.04 Å². The second kappa shape index (κ2) is 13.1. The van der Waals surface area contributed by atoms with Gasteiger partial charge in [-0.25, -0.2) is 8.42 Å². The van der Waals surface area contributed by atoms with Gasteiger partial charge < -0.3 is 14.4 Å². The summed E-state index contributed by atoms with van der Waals surface area (Å²) in [6.45, 7) is 5.66. The quantitative estimate of drug-likeness (QED) is 0.336. The van der Waals surface area contributed by atoms with E-state index in [-0.39, 0.29) is 23.5 Å². The summed E-state index contributed by atoms with van der Waals surface area (Å²) in [5.74, 6) is 0.458. The van der Waals surface area contributed by atoms with E-state index >= 15 is 0 Å². The Morgan fingerprint density at radius 3 is 2.31 bits per heavy atom. The van der Waals surface area contributed by atoms with Crippen LogP contribution in [0.3, 0.4) is 0 Å². The molecule has 1 aliphatic rings. The highest BCUT2D eigenvalue weighted by atomic mass is 32.2. The van der Waals surface area contributed by atoms with Crippen LogP contribution in [0, 0.1) is 0 Å². The lowest BCUT2D eigenvalue weighted by Crippen LogP contribution is -2.44. The molecule has 3 aromatic carbocycles. The zero-order valence-corrected chi connectivity index (χ0v) is 23.6. The average Bonchev–Trinajstić information content (AvgIpc) is 3.41. The van der Waals surface area contributed by atoms with Crippen molar-refractivity contribution in [1.29, 1.82) is 0 Å². The number of ether oxygens (including phenoxy) is 2. The summed E-state index contributed by atoms with van der Waals surface area (Å²) in [7, 11) is -0.616. The summed E-state index contributed by atoms with van der Waals surface area (Å²) in [6, 6.07) is 23.9. The minimum atomic E-state index is -3.72. The van der Waals surface area contributed by atoms with Crippen molar-refractivity contribution in [2.45, 2.75) is 37.4 Å². The number of nitrogens with zero attached hydrogens (tertiary/aromatic N) is 3. The zero-order chi connectivity index (χ0) is 27.8. The first-order valence-electron chi connectivity index (χ1n) is 13.2. The predicted molar refractivity (Wildman–Crippen MR) is 152 cm³/mol. The lowest BCUT2D eigenvalue weighted by Gasteiger charge is -2.28. The van der Waals surface area contributed by atoms with Crippen LogP contribution in [0.5, 0.6) is 5.75 Å². The smallest absolute Gasteiger partial charge is 0.264 e. The molecule has 0 spiro atoms. The van der Waals surface area contributed by atoms with Crippen molar-refractivity contribution < 1.29 is 22.7 Å². The Labute approximate surface area is 231 Å². The third kappa shape index (κ3) is 7.17. The molecule has 3 aromatic rings. The lowest BCUT2D eigenvalue weighted by molar-refractivity contribution is -0.135. The molecule has 0 aromatic heterocycles. The number of benzene rings is 3. The fourth-order valence-electron chi connectivity index (χ4n) is 4.89. The summed E-state index contributed by atoms with van der Waals surface area (Å²) >= 11 is 0. The number of rotatable bonds is 12. The van der Waals surface area contributed by atoms with Gasteiger partial charge >= 0.3 is 0 Å². The normalized spacial score (nSPS) is 15.7. The van der Waals surface area contributed by atoms with Crippen molar-refractivity contribution >= 4 is 21.6 Å². The van der Waals surface area contributed by atoms with Gasteiger partial charge in [0.1, 0.15) is 5.75 Å². The number of hydrogen-bond acceptors (Lipinski definition) is 6. The topological polar surface area (TPSA) is 79.4 Å². The number of carbonyl (C=O) groups is 1. The van der Waals surface area contributed by atoms with E-state index in [1.54, 1.807) is 55.6 Å². The van der Waals surface area contributed by atoms with Crippen LogP contribution in [0.15, 0.2) is 83.8 Å². The molecule has 0 radical (unpaired) electrons. The first-order chi connectivity index (χ1) is 18.8. The Morgan fingerprint density at radius 2 is 1.67 bits per heavy atom. The van der Waals surface area contributed by atoms with Crippen molar-refractivity contribution in [3.05, 3.63) is 90.0 Å². The van der Waals surface area contributed by atoms with E-state index in [0.717, 1.165) is 31.6 Å². The number of anilines is 1. The standard InChI is InChI=1S/C30H37N3O5S/c1-4-33(27-18-19-32(21-27)20-24-8-6-5-7-9-24)30(34)23-38-28-14-12-26(13-15-28)31(2)39(35,36)29-16-10-25(11-17-29)22-37-3/h5-17,27H,4,18-23H2,1-3H3. The summed E-state index contributed by atoms with van der Waals surface area (Å²) < 4.78 is 38.2. The lowest BCUT2D eigenvalue weighted by atomic mass is 10.2. The van der Waals surface area contributed by atoms with E-state index in [4.69, 9.17) is 9.47 Å². The molecule has 1 atom stereocenters. The molecule has 1 saturated heterocycles. The van der Waals surface area contributed by atoms with E-state index in [9.17, 15) is 13.2 Å². The number of methoxy groups -OCH3 is 1. The molecular formula is C30H37N3O5S. The minimum Gasteiger partial charge on any atom is -0.484 e. The third-order valence-corrected chi connectivity index (χ3v) is 8.85. The number of carbonyl (C=O) groups excluding carboxylic acids is 1. The molecule has 0 bridgehead atoms. The van der Waals surface area contributed by atoms with E-state index < -0.39 is 10.0 Å². The van der Waals surface area contributed by atoms with Gasteiger partial charge in [-0.2, -0.15) is 0 Å². The van der Waals surface area contributed by atoms with Crippen molar-refractivity contribution in [2.24, 2.45) is 0 Å². The monoisotopic (exact) mass is 551 g/mol. The number of likely N-dealkylation sites (N-methyl/N-ethyl adjacent to an activating group) is 1. The first kappa shape index (κ1) is 28.6. The van der Waals surface area contributed by atoms with Crippen LogP contribution in [-0.4, -0.2) is 70.6 Å². The Kier molecular flexibility index (Phi) is 9.61. The van der Waals surface area contributed by atoms with Gasteiger partial charge in [0.25, 0.3) is 15.9 Å². The average molecular weight is 552 g/mol. The molecule has 1 amide bonds. The molecule has 1 aliphatic heterocycles. The van der Waals surface area contributed by atoms with Crippen LogP contribution in [0.1, 0.15) is 24.5 Å². The second-order valence-electron chi connectivity index (χ2n) is 9.68. The number of hydrogen-bond donors (Lipinski definition) is 0. The van der Waals surface area contributed by atoms with Crippen LogP contribution >= 0.6 is 0 Å². The van der Waals surface area contributed by atoms with Crippen LogP contribution in [0.2, 0.25) is 0 Å². The maximum Gasteiger partial charge on any atom is 0.264 e. The fraction of sp³-hybridized carbons (Fsp3) is 0.367. The molecule has 9 heteroatoms. The van der Waals surface area contributed by atoms with E-state index in [1.807, 2.05) is 30.0 Å². The van der Waals surface area contributed by atoms with Crippen LogP contribution in [0.4, 0.5) is 5.69 Å². The SMILES string of the molecule is CCN(C(=O)COc1ccc(N(C)S(=O)(=O)c2ccc(COC)cc2)cc1)C1CCN(Cc2ccccc2)C1. The molecule has 39 heavy (non-hydrogen) atoms. The van der Waals surface area contributed by atoms with Gasteiger partial charge in [0.05, 0.1) is 17.2 Å². The maximum absolute atomic E-state index is 13.1. The van der Waals surface area contributed by atoms with Crippen molar-refractivity contribution in [2.75, 3.05) is 44.7 Å². The zero-order valence-electron chi connectivity index (χ0n) is 22.8. The molecule has 208 valence electrons. The molecule has 0 aliphatic carbocycles. The molecule has 1 unspecified atom stereocenters. The highest BCUT2D eigenvalue weighted by molar-refractivity contribution is 7.92. The van der Waals surface area contributed by atoms with Gasteiger partial charge in [-0.15, -0.1) is 0 Å². The minimum absolute atomic E-state index is 0.0512. The van der Waals surface area contributed by atoms with Gasteiger partial charge in [-0.05, 0) is 60.9 Å². The molecule has 0 saturated carbocycles. The molecular weight excluding hydrogens is 514 g/mol. The van der Waals surface area contributed by atoms with Crippen molar-refractivity contribution in [1.82, 2.24) is 9.80 Å². The molecule has 0 N–H and O–H groups in total. The van der Waals surface area contributed by atoms with Gasteiger partial charge in [0.2, 0.25) is 0 Å². The summed E-state index contributed by atoms with van der Waals surface area (Å²) in [5.41, 5.74) is 2.67. The Bertz CT molecular complexity index is 1310. The van der Waals surface area contributed by atoms with Crippen molar-refractivity contribution in [3.63, 3.8) is 0 Å². The maximum atomic E-state index is 13.1. The van der Waals surface area contributed by atoms with Gasteiger partial charge in [-0.1, -0.05) is 42.5 Å². The molecule has 4 rings (SSSR count). The highest BCUT2D eigenvalue weighted by Gasteiger charge is 2.30. The second-order valence-corrected chi connectivity index (χ2v) is 11.6. The van der Waals surface area contributed by atoms with E-state index in [0.29, 0.717) is 24.6 Å². The predicted octanol–water partition coefficient (Wildman–Crippen LogP) is 4.16. The van der Waals surface area contributed by atoms with E-state index in [2.05, 4.69) is 17.0 Å². The summed E-state index contributed by atoms with van der Waals surface area (Å²) in [6.07, 6.45) is 0.941. The molecule has 1 heterocycles. The summed E-state index contributed by atoms with van der Waals surface area (Å²) in [5, 5.41) is 0. The van der Waals surface area contributed by atoms with E-state index in [1.165, 1.54) is 16.9 Å². The molecule has 8 nitrogen and oxygen atoms in total. The Balaban J connectivity index is 1.31. The van der Waals surface area contributed by atoms with Crippen molar-refractivity contribution in [3.8, 4) is 5.75 Å². The Morgan fingerprint density at radius 1 is 0.974 bits per heavy atom. The number of amides is 1. The third-order valence-electron chi connectivity index (χ3n) is 7.05. The molecule has 1 fully saturated rings. The van der Waals surface area contributed by atoms with Gasteiger partial charge in [-0.3, -0.25) is 14.0 Å².